The lowest BCUT2D eigenvalue weighted by Gasteiger charge is -2.00. The van der Waals surface area contributed by atoms with E-state index in [1.54, 1.807) is 12.1 Å². The lowest BCUT2D eigenvalue weighted by atomic mass is 10.1. The molecule has 2 nitrogen and oxygen atoms in total. The van der Waals surface area contributed by atoms with Crippen molar-refractivity contribution in [3.05, 3.63) is 34.7 Å². The summed E-state index contributed by atoms with van der Waals surface area (Å²) in [6.07, 6.45) is 0. The number of hydrogen-bond acceptors (Lipinski definition) is 3. The zero-order chi connectivity index (χ0) is 10.1. The maximum atomic E-state index is 13.4. The third-order valence-electron chi connectivity index (χ3n) is 1.83. The van der Waals surface area contributed by atoms with Crippen LogP contribution in [0.1, 0.15) is 5.56 Å². The van der Waals surface area contributed by atoms with Crippen LogP contribution in [0.4, 0.5) is 4.39 Å². The summed E-state index contributed by atoms with van der Waals surface area (Å²) in [7, 11) is 0. The number of aryl methyl sites for hydroxylation is 1. The second-order valence-electron chi connectivity index (χ2n) is 2.89. The van der Waals surface area contributed by atoms with Crippen LogP contribution in [0.15, 0.2) is 18.2 Å². The summed E-state index contributed by atoms with van der Waals surface area (Å²) in [6, 6.07) is 4.81. The normalized spacial score (nSPS) is 10.5. The van der Waals surface area contributed by atoms with Gasteiger partial charge in [-0.25, -0.2) is 4.39 Å². The molecule has 0 spiro atoms. The van der Waals surface area contributed by atoms with Gasteiger partial charge in [-0.15, -0.1) is 0 Å². The molecule has 1 aromatic heterocycles. The highest BCUT2D eigenvalue weighted by Crippen LogP contribution is 2.28. The minimum absolute atomic E-state index is 0.250. The first-order chi connectivity index (χ1) is 6.68. The predicted octanol–water partition coefficient (Wildman–Crippen LogP) is 3.31. The fraction of sp³-hybridized carbons (Fsp3) is 0.111. The van der Waals surface area contributed by atoms with Crippen molar-refractivity contribution >= 4 is 23.3 Å². The van der Waals surface area contributed by atoms with Crippen LogP contribution in [0.25, 0.3) is 11.3 Å². The molecule has 0 amide bonds. The molecule has 0 atom stereocenters. The van der Waals surface area contributed by atoms with Crippen LogP contribution < -0.4 is 0 Å². The van der Waals surface area contributed by atoms with Crippen LogP contribution in [-0.4, -0.2) is 8.75 Å². The van der Waals surface area contributed by atoms with Gasteiger partial charge in [0, 0.05) is 5.56 Å². The lowest BCUT2D eigenvalue weighted by molar-refractivity contribution is 0.630. The second-order valence-corrected chi connectivity index (χ2v) is 3.77. The molecule has 0 bridgehead atoms. The number of benzene rings is 1. The van der Waals surface area contributed by atoms with Crippen molar-refractivity contribution in [3.8, 4) is 11.3 Å². The van der Waals surface area contributed by atoms with Gasteiger partial charge in [0.2, 0.25) is 0 Å². The molecule has 0 aliphatic heterocycles. The fourth-order valence-electron chi connectivity index (χ4n) is 1.16. The van der Waals surface area contributed by atoms with E-state index in [-0.39, 0.29) is 11.0 Å². The number of halogens is 2. The van der Waals surface area contributed by atoms with Crippen LogP contribution >= 0.6 is 23.3 Å². The van der Waals surface area contributed by atoms with Gasteiger partial charge in [0.05, 0.1) is 11.7 Å². The quantitative estimate of drug-likeness (QED) is 0.749. The molecule has 1 aromatic carbocycles. The number of hydrogen-bond donors (Lipinski definition) is 0. The first-order valence-corrected chi connectivity index (χ1v) is 5.04. The van der Waals surface area contributed by atoms with Crippen molar-refractivity contribution in [1.29, 1.82) is 0 Å². The Hall–Kier alpha value is -1.00. The van der Waals surface area contributed by atoms with Gasteiger partial charge in [-0.1, -0.05) is 23.2 Å². The van der Waals surface area contributed by atoms with Crippen molar-refractivity contribution in [3.63, 3.8) is 0 Å². The topological polar surface area (TPSA) is 25.8 Å². The zero-order valence-corrected chi connectivity index (χ0v) is 8.86. The van der Waals surface area contributed by atoms with Crippen LogP contribution in [0.2, 0.25) is 5.15 Å². The first-order valence-electron chi connectivity index (χ1n) is 3.93. The highest BCUT2D eigenvalue weighted by molar-refractivity contribution is 6.99. The summed E-state index contributed by atoms with van der Waals surface area (Å²) in [6.45, 7) is 1.89. The Morgan fingerprint density at radius 1 is 1.36 bits per heavy atom. The van der Waals surface area contributed by atoms with E-state index in [4.69, 9.17) is 11.6 Å². The zero-order valence-electron chi connectivity index (χ0n) is 7.29. The molecule has 1 heterocycles. The summed E-state index contributed by atoms with van der Waals surface area (Å²) in [5.74, 6) is -0.329. The molecule has 14 heavy (non-hydrogen) atoms. The van der Waals surface area contributed by atoms with Gasteiger partial charge in [0.15, 0.2) is 5.15 Å². The van der Waals surface area contributed by atoms with E-state index in [0.717, 1.165) is 17.3 Å². The van der Waals surface area contributed by atoms with Crippen molar-refractivity contribution < 1.29 is 4.39 Å². The molecule has 0 N–H and O–H groups in total. The van der Waals surface area contributed by atoms with E-state index in [9.17, 15) is 4.39 Å². The van der Waals surface area contributed by atoms with E-state index < -0.39 is 0 Å². The molecule has 5 heteroatoms. The van der Waals surface area contributed by atoms with Crippen LogP contribution in [0.5, 0.6) is 0 Å². The van der Waals surface area contributed by atoms with Gasteiger partial charge in [-0.05, 0) is 19.1 Å². The summed E-state index contributed by atoms with van der Waals surface area (Å²) >= 11 is 6.75. The molecule has 2 rings (SSSR count). The van der Waals surface area contributed by atoms with Crippen molar-refractivity contribution in [1.82, 2.24) is 8.75 Å². The third-order valence-corrected chi connectivity index (χ3v) is 2.72. The van der Waals surface area contributed by atoms with Gasteiger partial charge in [-0.2, -0.15) is 8.75 Å². The molecule has 72 valence electrons. The molecule has 0 saturated heterocycles. The monoisotopic (exact) mass is 228 g/mol. The van der Waals surface area contributed by atoms with E-state index in [1.165, 1.54) is 6.07 Å². The van der Waals surface area contributed by atoms with Gasteiger partial charge >= 0.3 is 0 Å². The standard InChI is InChI=1S/C9H6ClFN2S/c1-5-2-3-7(11)6(4-5)8-9(10)13-14-12-8/h2-4H,1H3. The maximum absolute atomic E-state index is 13.4. The molecule has 0 radical (unpaired) electrons. The van der Waals surface area contributed by atoms with Gasteiger partial charge in [0.1, 0.15) is 11.5 Å². The predicted molar refractivity (Wildman–Crippen MR) is 55.1 cm³/mol. The molecule has 2 aromatic rings. The highest BCUT2D eigenvalue weighted by atomic mass is 35.5. The minimum atomic E-state index is -0.329. The molecular weight excluding hydrogens is 223 g/mol. The average molecular weight is 229 g/mol. The van der Waals surface area contributed by atoms with Crippen molar-refractivity contribution in [2.75, 3.05) is 0 Å². The Bertz CT molecular complexity index is 470. The maximum Gasteiger partial charge on any atom is 0.170 e. The van der Waals surface area contributed by atoms with Crippen LogP contribution in [0.3, 0.4) is 0 Å². The fourth-order valence-corrected chi connectivity index (χ4v) is 1.91. The van der Waals surface area contributed by atoms with E-state index >= 15 is 0 Å². The Morgan fingerprint density at radius 2 is 2.14 bits per heavy atom. The SMILES string of the molecule is Cc1ccc(F)c(-c2nsnc2Cl)c1. The first kappa shape index (κ1) is 9.55. The van der Waals surface area contributed by atoms with Crippen molar-refractivity contribution in [2.24, 2.45) is 0 Å². The van der Waals surface area contributed by atoms with Crippen LogP contribution in [-0.2, 0) is 0 Å². The highest BCUT2D eigenvalue weighted by Gasteiger charge is 2.12. The van der Waals surface area contributed by atoms with Crippen molar-refractivity contribution in [2.45, 2.75) is 6.92 Å². The summed E-state index contributed by atoms with van der Waals surface area (Å²) in [5, 5.41) is 0.250. The lowest BCUT2D eigenvalue weighted by Crippen LogP contribution is -1.86. The molecule has 0 saturated carbocycles. The number of nitrogens with zero attached hydrogens (tertiary/aromatic N) is 2. The van der Waals surface area contributed by atoms with Crippen LogP contribution in [0, 0.1) is 12.7 Å². The second kappa shape index (κ2) is 3.63. The van der Waals surface area contributed by atoms with Gasteiger partial charge in [-0.3, -0.25) is 0 Å². The largest absolute Gasteiger partial charge is 0.206 e. The Morgan fingerprint density at radius 3 is 2.79 bits per heavy atom. The molecule has 0 aliphatic carbocycles. The summed E-state index contributed by atoms with van der Waals surface area (Å²) in [4.78, 5) is 0. The van der Waals surface area contributed by atoms with Gasteiger partial charge in [0.25, 0.3) is 0 Å². The number of aromatic nitrogens is 2. The molecular formula is C9H6ClFN2S. The smallest absolute Gasteiger partial charge is 0.170 e. The Balaban J connectivity index is 2.62. The molecule has 0 fully saturated rings. The summed E-state index contributed by atoms with van der Waals surface area (Å²) in [5.41, 5.74) is 1.78. The molecule has 0 aliphatic rings. The summed E-state index contributed by atoms with van der Waals surface area (Å²) < 4.78 is 21.1. The van der Waals surface area contributed by atoms with E-state index in [1.807, 2.05) is 6.92 Å². The van der Waals surface area contributed by atoms with Gasteiger partial charge < -0.3 is 0 Å². The third kappa shape index (κ3) is 1.63. The van der Waals surface area contributed by atoms with E-state index in [0.29, 0.717) is 11.3 Å². The molecule has 0 unspecified atom stereocenters. The van der Waals surface area contributed by atoms with E-state index in [2.05, 4.69) is 8.75 Å². The Kier molecular flexibility index (Phi) is 2.48. The number of rotatable bonds is 1. The average Bonchev–Trinajstić information content (AvgIpc) is 2.56. The Labute approximate surface area is 89.7 Å². The minimum Gasteiger partial charge on any atom is -0.206 e.